The van der Waals surface area contributed by atoms with Crippen LogP contribution in [-0.2, 0) is 28.9 Å². The minimum atomic E-state index is -0.258. The van der Waals surface area contributed by atoms with Crippen LogP contribution >= 0.6 is 0 Å². The minimum absolute atomic E-state index is 0.0366. The van der Waals surface area contributed by atoms with Crippen molar-refractivity contribution >= 4 is 5.69 Å². The van der Waals surface area contributed by atoms with E-state index < -0.39 is 0 Å². The van der Waals surface area contributed by atoms with Crippen LogP contribution < -0.4 is 15.7 Å². The molecule has 1 saturated heterocycles. The van der Waals surface area contributed by atoms with Gasteiger partial charge in [0.1, 0.15) is 0 Å². The number of aromatic nitrogens is 2. The molecular weight excluding hydrogens is 430 g/mol. The number of rotatable bonds is 9. The SMILES string of the molecule is O=c1nc(OCC[C@H]2COCCO2)cc2n1CCc1cc(CCCNc3ccccc3)ccc1-2. The molecule has 34 heavy (non-hydrogen) atoms. The maximum absolute atomic E-state index is 12.6. The van der Waals surface area contributed by atoms with Crippen molar-refractivity contribution in [3.63, 3.8) is 0 Å². The van der Waals surface area contributed by atoms with Crippen molar-refractivity contribution < 1.29 is 14.2 Å². The van der Waals surface area contributed by atoms with E-state index in [1.165, 1.54) is 11.1 Å². The van der Waals surface area contributed by atoms with Gasteiger partial charge in [-0.25, -0.2) is 4.79 Å². The lowest BCUT2D eigenvalue weighted by molar-refractivity contribution is -0.0936. The standard InChI is InChI=1S/C27H31N3O4/c31-27-29-26(34-14-11-23-19-32-15-16-33-23)18-25-24-9-8-20(17-21(24)10-13-30(25)27)5-4-12-28-22-6-2-1-3-7-22/h1-3,6-9,17-18,23,28H,4-5,10-16,19H2/t23-/m0/s1. The summed E-state index contributed by atoms with van der Waals surface area (Å²) in [5.74, 6) is 0.372. The zero-order valence-electron chi connectivity index (χ0n) is 19.4. The second-order valence-electron chi connectivity index (χ2n) is 8.76. The first-order valence-electron chi connectivity index (χ1n) is 12.1. The average molecular weight is 462 g/mol. The van der Waals surface area contributed by atoms with Crippen molar-refractivity contribution in [1.29, 1.82) is 0 Å². The van der Waals surface area contributed by atoms with Gasteiger partial charge in [-0.15, -0.1) is 0 Å². The largest absolute Gasteiger partial charge is 0.477 e. The third kappa shape index (κ3) is 5.48. The fraction of sp³-hybridized carbons (Fsp3) is 0.407. The number of ether oxygens (including phenoxy) is 3. The molecular formula is C27H31N3O4. The van der Waals surface area contributed by atoms with E-state index in [0.29, 0.717) is 45.3 Å². The highest BCUT2D eigenvalue weighted by Crippen LogP contribution is 2.30. The van der Waals surface area contributed by atoms with Crippen LogP contribution in [0.4, 0.5) is 5.69 Å². The zero-order valence-corrected chi connectivity index (χ0v) is 19.4. The first-order chi connectivity index (χ1) is 16.8. The highest BCUT2D eigenvalue weighted by Gasteiger charge is 2.20. The molecule has 1 atom stereocenters. The number of fused-ring (bicyclic) bond motifs is 3. The predicted molar refractivity (Wildman–Crippen MR) is 132 cm³/mol. The predicted octanol–water partition coefficient (Wildman–Crippen LogP) is 3.70. The Morgan fingerprint density at radius 2 is 2.03 bits per heavy atom. The summed E-state index contributed by atoms with van der Waals surface area (Å²) in [6.45, 7) is 3.86. The second-order valence-corrected chi connectivity index (χ2v) is 8.76. The van der Waals surface area contributed by atoms with Gasteiger partial charge in [0.2, 0.25) is 5.88 Å². The minimum Gasteiger partial charge on any atom is -0.477 e. The van der Waals surface area contributed by atoms with E-state index in [4.69, 9.17) is 14.2 Å². The summed E-state index contributed by atoms with van der Waals surface area (Å²) in [4.78, 5) is 16.8. The number of aryl methyl sites for hydroxylation is 2. The van der Waals surface area contributed by atoms with E-state index in [0.717, 1.165) is 42.8 Å². The summed E-state index contributed by atoms with van der Waals surface area (Å²) >= 11 is 0. The Bertz CT molecular complexity index is 1160. The fourth-order valence-corrected chi connectivity index (χ4v) is 4.57. The molecule has 0 radical (unpaired) electrons. The topological polar surface area (TPSA) is 74.6 Å². The average Bonchev–Trinajstić information content (AvgIpc) is 2.88. The van der Waals surface area contributed by atoms with Crippen LogP contribution in [0.15, 0.2) is 59.4 Å². The molecule has 7 heteroatoms. The van der Waals surface area contributed by atoms with Crippen LogP contribution in [0.2, 0.25) is 0 Å². The lowest BCUT2D eigenvalue weighted by Gasteiger charge is -2.24. The van der Waals surface area contributed by atoms with Crippen molar-refractivity contribution in [3.05, 3.63) is 76.2 Å². The number of hydrogen-bond donors (Lipinski definition) is 1. The van der Waals surface area contributed by atoms with Crippen LogP contribution in [-0.4, -0.2) is 48.6 Å². The van der Waals surface area contributed by atoms with E-state index in [2.05, 4.69) is 40.6 Å². The summed E-state index contributed by atoms with van der Waals surface area (Å²) in [6, 6.07) is 18.8. The molecule has 1 N–H and O–H groups in total. The summed E-state index contributed by atoms with van der Waals surface area (Å²) < 4.78 is 18.7. The first-order valence-corrected chi connectivity index (χ1v) is 12.1. The number of hydrogen-bond acceptors (Lipinski definition) is 6. The Balaban J connectivity index is 1.22. The number of anilines is 1. The van der Waals surface area contributed by atoms with Gasteiger partial charge in [-0.2, -0.15) is 4.98 Å². The summed E-state index contributed by atoms with van der Waals surface area (Å²) in [5.41, 5.74) is 5.46. The zero-order chi connectivity index (χ0) is 23.2. The molecule has 0 amide bonds. The van der Waals surface area contributed by atoms with Crippen LogP contribution in [0.25, 0.3) is 11.3 Å². The van der Waals surface area contributed by atoms with Crippen LogP contribution in [0.5, 0.6) is 5.88 Å². The van der Waals surface area contributed by atoms with Gasteiger partial charge in [-0.3, -0.25) is 4.57 Å². The van der Waals surface area contributed by atoms with Crippen LogP contribution in [0.1, 0.15) is 24.0 Å². The molecule has 0 spiro atoms. The molecule has 7 nitrogen and oxygen atoms in total. The molecule has 0 bridgehead atoms. The number of nitrogens with one attached hydrogen (secondary N) is 1. The Kier molecular flexibility index (Phi) is 7.22. The molecule has 0 unspecified atom stereocenters. The Morgan fingerprint density at radius 3 is 2.88 bits per heavy atom. The van der Waals surface area contributed by atoms with Crippen molar-refractivity contribution in [1.82, 2.24) is 9.55 Å². The van der Waals surface area contributed by atoms with Gasteiger partial charge in [-0.05, 0) is 42.5 Å². The number of benzene rings is 2. The molecule has 178 valence electrons. The van der Waals surface area contributed by atoms with Gasteiger partial charge >= 0.3 is 5.69 Å². The molecule has 3 heterocycles. The molecule has 0 saturated carbocycles. The van der Waals surface area contributed by atoms with Crippen LogP contribution in [0.3, 0.4) is 0 Å². The fourth-order valence-electron chi connectivity index (χ4n) is 4.57. The highest BCUT2D eigenvalue weighted by atomic mass is 16.6. The lowest BCUT2D eigenvalue weighted by Crippen LogP contribution is -2.30. The van der Waals surface area contributed by atoms with Gasteiger partial charge in [-0.1, -0.05) is 36.4 Å². The van der Waals surface area contributed by atoms with E-state index in [1.54, 1.807) is 4.57 Å². The summed E-state index contributed by atoms with van der Waals surface area (Å²) in [5, 5.41) is 3.47. The van der Waals surface area contributed by atoms with Crippen molar-refractivity contribution in [2.24, 2.45) is 0 Å². The molecule has 2 aliphatic rings. The second kappa shape index (κ2) is 10.8. The van der Waals surface area contributed by atoms with E-state index in [-0.39, 0.29) is 11.8 Å². The Hall–Kier alpha value is -3.16. The smallest absolute Gasteiger partial charge is 0.351 e. The normalized spacial score (nSPS) is 17.0. The Morgan fingerprint density at radius 1 is 1.12 bits per heavy atom. The van der Waals surface area contributed by atoms with E-state index >= 15 is 0 Å². The van der Waals surface area contributed by atoms with E-state index in [1.807, 2.05) is 24.3 Å². The highest BCUT2D eigenvalue weighted by molar-refractivity contribution is 5.67. The maximum atomic E-state index is 12.6. The van der Waals surface area contributed by atoms with E-state index in [9.17, 15) is 4.79 Å². The van der Waals surface area contributed by atoms with Gasteiger partial charge in [0.05, 0.1) is 38.2 Å². The van der Waals surface area contributed by atoms with Gasteiger partial charge < -0.3 is 19.5 Å². The molecule has 5 rings (SSSR count). The first kappa shape index (κ1) is 22.6. The number of nitrogens with zero attached hydrogens (tertiary/aromatic N) is 2. The third-order valence-electron chi connectivity index (χ3n) is 6.36. The van der Waals surface area contributed by atoms with Crippen molar-refractivity contribution in [3.8, 4) is 17.1 Å². The van der Waals surface area contributed by atoms with Gasteiger partial charge in [0, 0.05) is 36.8 Å². The van der Waals surface area contributed by atoms with Gasteiger partial charge in [0.15, 0.2) is 0 Å². The van der Waals surface area contributed by atoms with Crippen molar-refractivity contribution in [2.45, 2.75) is 38.3 Å². The monoisotopic (exact) mass is 461 g/mol. The van der Waals surface area contributed by atoms with Crippen molar-refractivity contribution in [2.75, 3.05) is 38.3 Å². The van der Waals surface area contributed by atoms with Gasteiger partial charge in [0.25, 0.3) is 0 Å². The molecule has 3 aromatic rings. The third-order valence-corrected chi connectivity index (χ3v) is 6.36. The molecule has 0 aliphatic carbocycles. The molecule has 2 aliphatic heterocycles. The molecule has 1 fully saturated rings. The maximum Gasteiger partial charge on any atom is 0.351 e. The summed E-state index contributed by atoms with van der Waals surface area (Å²) in [6.07, 6.45) is 3.65. The van der Waals surface area contributed by atoms with Crippen LogP contribution in [0, 0.1) is 0 Å². The Labute approximate surface area is 199 Å². The quantitative estimate of drug-likeness (QED) is 0.490. The lowest BCUT2D eigenvalue weighted by atomic mass is 9.94. The number of para-hydroxylation sites is 1. The summed E-state index contributed by atoms with van der Waals surface area (Å²) in [7, 11) is 0. The molecule has 2 aromatic carbocycles. The molecule has 1 aromatic heterocycles.